The Morgan fingerprint density at radius 3 is 2.75 bits per heavy atom. The topological polar surface area (TPSA) is 59.6 Å². The predicted molar refractivity (Wildman–Crippen MR) is 66.3 cm³/mol. The second-order valence-corrected chi connectivity index (χ2v) is 3.60. The second-order valence-electron chi connectivity index (χ2n) is 3.20. The molecule has 16 heavy (non-hydrogen) atoms. The maximum absolute atomic E-state index is 11.1. The molecule has 0 rings (SSSR count). The molecule has 0 aromatic carbocycles. The van der Waals surface area contributed by atoms with E-state index < -0.39 is 6.04 Å². The average molecular weight is 248 g/mol. The van der Waals surface area contributed by atoms with Gasteiger partial charge in [0, 0.05) is 19.8 Å². The summed E-state index contributed by atoms with van der Waals surface area (Å²) < 4.78 is 9.74. The van der Waals surface area contributed by atoms with Crippen molar-refractivity contribution in [3.8, 4) is 0 Å². The fourth-order valence-corrected chi connectivity index (χ4v) is 1.28. The number of esters is 1. The average Bonchev–Trinajstić information content (AvgIpc) is 2.27. The van der Waals surface area contributed by atoms with Crippen LogP contribution in [0.1, 0.15) is 20.3 Å². The highest BCUT2D eigenvalue weighted by molar-refractivity contribution is 7.80. The van der Waals surface area contributed by atoms with Crippen LogP contribution in [0.3, 0.4) is 0 Å². The third-order valence-electron chi connectivity index (χ3n) is 1.86. The highest BCUT2D eigenvalue weighted by Gasteiger charge is 2.12. The van der Waals surface area contributed by atoms with Crippen LogP contribution in [-0.4, -0.2) is 44.0 Å². The van der Waals surface area contributed by atoms with Gasteiger partial charge in [-0.1, -0.05) is 0 Å². The number of hydrogen-bond acceptors (Lipinski definition) is 4. The number of carbonyl (C=O) groups excluding carboxylic acids is 1. The summed E-state index contributed by atoms with van der Waals surface area (Å²) in [6.07, 6.45) is 0.877. The summed E-state index contributed by atoms with van der Waals surface area (Å²) in [5.41, 5.74) is 0. The first-order valence-corrected chi connectivity index (χ1v) is 5.72. The van der Waals surface area contributed by atoms with Crippen molar-refractivity contribution in [2.24, 2.45) is 0 Å². The predicted octanol–water partition coefficient (Wildman–Crippen LogP) is 0.439. The number of methoxy groups -OCH3 is 1. The molecule has 94 valence electrons. The highest BCUT2D eigenvalue weighted by Crippen LogP contribution is 1.86. The molecule has 0 spiro atoms. The number of carbonyl (C=O) groups is 1. The number of hydrogen-bond donors (Lipinski definition) is 2. The molecule has 0 aliphatic heterocycles. The van der Waals surface area contributed by atoms with E-state index in [9.17, 15) is 4.79 Å². The maximum atomic E-state index is 11.1. The largest absolute Gasteiger partial charge is 0.467 e. The summed E-state index contributed by atoms with van der Waals surface area (Å²) in [4.78, 5) is 11.1. The van der Waals surface area contributed by atoms with E-state index in [0.717, 1.165) is 19.6 Å². The van der Waals surface area contributed by atoms with Crippen LogP contribution in [0.4, 0.5) is 0 Å². The lowest BCUT2D eigenvalue weighted by molar-refractivity contribution is -0.142. The van der Waals surface area contributed by atoms with E-state index in [4.69, 9.17) is 17.0 Å². The van der Waals surface area contributed by atoms with Crippen LogP contribution in [0.5, 0.6) is 0 Å². The lowest BCUT2D eigenvalue weighted by Gasteiger charge is -2.14. The van der Waals surface area contributed by atoms with Gasteiger partial charge in [0.05, 0.1) is 7.11 Å². The Morgan fingerprint density at radius 1 is 1.50 bits per heavy atom. The summed E-state index contributed by atoms with van der Waals surface area (Å²) in [7, 11) is 1.35. The molecular weight excluding hydrogens is 228 g/mol. The minimum Gasteiger partial charge on any atom is -0.467 e. The fraction of sp³-hybridized carbons (Fsp3) is 0.800. The van der Waals surface area contributed by atoms with E-state index in [1.54, 1.807) is 6.92 Å². The summed E-state index contributed by atoms with van der Waals surface area (Å²) in [5, 5.41) is 6.26. The quantitative estimate of drug-likeness (QED) is 0.387. The molecule has 0 aromatic heterocycles. The summed E-state index contributed by atoms with van der Waals surface area (Å²) in [5.74, 6) is -0.335. The van der Waals surface area contributed by atoms with Crippen LogP contribution in [-0.2, 0) is 14.3 Å². The number of ether oxygens (including phenoxy) is 2. The Morgan fingerprint density at radius 2 is 2.19 bits per heavy atom. The van der Waals surface area contributed by atoms with Crippen molar-refractivity contribution >= 4 is 23.3 Å². The lowest BCUT2D eigenvalue weighted by Crippen LogP contribution is -2.45. The Hall–Kier alpha value is -0.880. The van der Waals surface area contributed by atoms with Gasteiger partial charge in [-0.2, -0.15) is 0 Å². The second kappa shape index (κ2) is 9.35. The molecule has 0 aliphatic carbocycles. The van der Waals surface area contributed by atoms with Crippen molar-refractivity contribution in [3.05, 3.63) is 0 Å². The zero-order valence-corrected chi connectivity index (χ0v) is 10.9. The van der Waals surface area contributed by atoms with Gasteiger partial charge in [-0.15, -0.1) is 0 Å². The van der Waals surface area contributed by atoms with Crippen molar-refractivity contribution in [1.82, 2.24) is 10.6 Å². The standard InChI is InChI=1S/C10H20N2O3S/c1-4-15-7-5-6-11-10(16)12-8(2)9(13)14-3/h8H,4-7H2,1-3H3,(H2,11,12,16). The smallest absolute Gasteiger partial charge is 0.328 e. The molecule has 0 aliphatic rings. The molecule has 0 fully saturated rings. The van der Waals surface area contributed by atoms with Crippen LogP contribution in [0.25, 0.3) is 0 Å². The van der Waals surface area contributed by atoms with Crippen molar-refractivity contribution in [2.45, 2.75) is 26.3 Å². The molecule has 0 saturated carbocycles. The SMILES string of the molecule is CCOCCCNC(=S)NC(C)C(=O)OC. The minimum atomic E-state index is -0.433. The Bertz CT molecular complexity index is 224. The molecule has 5 nitrogen and oxygen atoms in total. The van der Waals surface area contributed by atoms with Gasteiger partial charge < -0.3 is 20.1 Å². The molecule has 2 N–H and O–H groups in total. The summed E-state index contributed by atoms with van der Waals surface area (Å²) in [6.45, 7) is 5.80. The van der Waals surface area contributed by atoms with E-state index in [1.165, 1.54) is 7.11 Å². The van der Waals surface area contributed by atoms with E-state index >= 15 is 0 Å². The van der Waals surface area contributed by atoms with Crippen molar-refractivity contribution in [1.29, 1.82) is 0 Å². The van der Waals surface area contributed by atoms with Crippen LogP contribution in [0.2, 0.25) is 0 Å². The molecule has 0 amide bonds. The van der Waals surface area contributed by atoms with Crippen LogP contribution in [0, 0.1) is 0 Å². The molecule has 0 saturated heterocycles. The van der Waals surface area contributed by atoms with Gasteiger partial charge in [0.2, 0.25) is 0 Å². The lowest BCUT2D eigenvalue weighted by atomic mass is 10.3. The molecule has 1 unspecified atom stereocenters. The molecule has 0 radical (unpaired) electrons. The first-order valence-electron chi connectivity index (χ1n) is 5.31. The van der Waals surface area contributed by atoms with Crippen molar-refractivity contribution < 1.29 is 14.3 Å². The fourth-order valence-electron chi connectivity index (χ4n) is 1.00. The minimum absolute atomic E-state index is 0.335. The normalized spacial score (nSPS) is 11.7. The molecule has 0 aromatic rings. The summed E-state index contributed by atoms with van der Waals surface area (Å²) >= 11 is 5.00. The number of rotatable bonds is 7. The highest BCUT2D eigenvalue weighted by atomic mass is 32.1. The van der Waals surface area contributed by atoms with Gasteiger partial charge in [0.1, 0.15) is 6.04 Å². The molecular formula is C10H20N2O3S. The first-order chi connectivity index (χ1) is 7.61. The number of nitrogens with one attached hydrogen (secondary N) is 2. The van der Waals surface area contributed by atoms with Crippen molar-refractivity contribution in [2.75, 3.05) is 26.9 Å². The van der Waals surface area contributed by atoms with Gasteiger partial charge >= 0.3 is 5.97 Å². The van der Waals surface area contributed by atoms with Gasteiger partial charge in [-0.05, 0) is 32.5 Å². The zero-order chi connectivity index (χ0) is 12.4. The van der Waals surface area contributed by atoms with Crippen molar-refractivity contribution in [3.63, 3.8) is 0 Å². The zero-order valence-electron chi connectivity index (χ0n) is 10.0. The van der Waals surface area contributed by atoms with Gasteiger partial charge in [0.25, 0.3) is 0 Å². The molecule has 1 atom stereocenters. The Kier molecular flexibility index (Phi) is 8.84. The van der Waals surface area contributed by atoms with Crippen LogP contribution in [0.15, 0.2) is 0 Å². The van der Waals surface area contributed by atoms with E-state index in [0.29, 0.717) is 11.7 Å². The van der Waals surface area contributed by atoms with Gasteiger partial charge in [0.15, 0.2) is 5.11 Å². The number of thiocarbonyl (C=S) groups is 1. The van der Waals surface area contributed by atoms with Crippen LogP contribution >= 0.6 is 12.2 Å². The third-order valence-corrected chi connectivity index (χ3v) is 2.12. The third kappa shape index (κ3) is 7.42. The van der Waals surface area contributed by atoms with E-state index in [2.05, 4.69) is 15.4 Å². The summed E-state index contributed by atoms with van der Waals surface area (Å²) in [6, 6.07) is -0.433. The maximum Gasteiger partial charge on any atom is 0.328 e. The van der Waals surface area contributed by atoms with Gasteiger partial charge in [-0.3, -0.25) is 0 Å². The molecule has 0 bridgehead atoms. The monoisotopic (exact) mass is 248 g/mol. The molecule has 6 heteroatoms. The Labute approximate surface area is 102 Å². The first kappa shape index (κ1) is 15.1. The van der Waals surface area contributed by atoms with E-state index in [-0.39, 0.29) is 5.97 Å². The van der Waals surface area contributed by atoms with Gasteiger partial charge in [-0.25, -0.2) is 4.79 Å². The Balaban J connectivity index is 3.54. The molecule has 0 heterocycles. The van der Waals surface area contributed by atoms with Crippen LogP contribution < -0.4 is 10.6 Å². The van der Waals surface area contributed by atoms with E-state index in [1.807, 2.05) is 6.92 Å².